The number of pyridine rings is 1. The first-order valence-electron chi connectivity index (χ1n) is 7.83. The summed E-state index contributed by atoms with van der Waals surface area (Å²) in [7, 11) is 0. The first-order chi connectivity index (χ1) is 10.6. The van der Waals surface area contributed by atoms with E-state index in [1.54, 1.807) is 17.8 Å². The van der Waals surface area contributed by atoms with Crippen LogP contribution >= 0.6 is 11.8 Å². The van der Waals surface area contributed by atoms with E-state index in [4.69, 9.17) is 5.73 Å². The molecule has 120 valence electrons. The van der Waals surface area contributed by atoms with Gasteiger partial charge in [-0.25, -0.2) is 0 Å². The van der Waals surface area contributed by atoms with Crippen LogP contribution in [0.15, 0.2) is 23.0 Å². The monoisotopic (exact) mass is 321 g/mol. The van der Waals surface area contributed by atoms with Crippen molar-refractivity contribution in [2.75, 3.05) is 25.1 Å². The summed E-state index contributed by atoms with van der Waals surface area (Å²) in [5.41, 5.74) is 7.18. The van der Waals surface area contributed by atoms with E-state index in [2.05, 4.69) is 0 Å². The highest BCUT2D eigenvalue weighted by molar-refractivity contribution is 7.98. The first-order valence-corrected chi connectivity index (χ1v) is 9.22. The van der Waals surface area contributed by atoms with Crippen LogP contribution in [0.2, 0.25) is 0 Å². The number of hydrogen-bond donors (Lipinski definition) is 1. The number of fused-ring (bicyclic) bond motifs is 4. The minimum atomic E-state index is -0.399. The molecule has 2 aliphatic rings. The summed E-state index contributed by atoms with van der Waals surface area (Å²) >= 11 is 1.71. The third kappa shape index (κ3) is 2.94. The molecule has 2 bridgehead atoms. The Kier molecular flexibility index (Phi) is 4.59. The first kappa shape index (κ1) is 15.6. The van der Waals surface area contributed by atoms with Crippen LogP contribution in [0.1, 0.15) is 24.5 Å². The van der Waals surface area contributed by atoms with E-state index in [1.807, 2.05) is 27.9 Å². The number of aromatic nitrogens is 1. The van der Waals surface area contributed by atoms with Gasteiger partial charge >= 0.3 is 0 Å². The van der Waals surface area contributed by atoms with Crippen molar-refractivity contribution in [1.29, 1.82) is 0 Å². The van der Waals surface area contributed by atoms with Gasteiger partial charge in [0.15, 0.2) is 0 Å². The van der Waals surface area contributed by atoms with E-state index in [9.17, 15) is 9.59 Å². The Hall–Kier alpha value is -1.27. The number of nitrogens with two attached hydrogens (primary N) is 1. The molecule has 3 unspecified atom stereocenters. The molecule has 6 heteroatoms. The second-order valence-electron chi connectivity index (χ2n) is 6.33. The fourth-order valence-electron chi connectivity index (χ4n) is 3.68. The molecule has 3 atom stereocenters. The summed E-state index contributed by atoms with van der Waals surface area (Å²) in [6, 6.07) is 5.05. The molecule has 0 aromatic carbocycles. The van der Waals surface area contributed by atoms with Gasteiger partial charge in [-0.1, -0.05) is 6.07 Å². The number of carbonyl (C=O) groups is 1. The molecule has 1 fully saturated rings. The van der Waals surface area contributed by atoms with E-state index >= 15 is 0 Å². The van der Waals surface area contributed by atoms with Crippen LogP contribution in [0.3, 0.4) is 0 Å². The second-order valence-corrected chi connectivity index (χ2v) is 7.31. The fraction of sp³-hybridized carbons (Fsp3) is 0.625. The highest BCUT2D eigenvalue weighted by atomic mass is 32.2. The van der Waals surface area contributed by atoms with Crippen molar-refractivity contribution >= 4 is 17.7 Å². The quantitative estimate of drug-likeness (QED) is 0.894. The molecule has 5 nitrogen and oxygen atoms in total. The SMILES string of the molecule is CSCCC(N)C(=O)N1CC2CC(C1)c1cccc(=O)n1C2. The van der Waals surface area contributed by atoms with Crippen LogP contribution < -0.4 is 11.3 Å². The van der Waals surface area contributed by atoms with Gasteiger partial charge in [-0.2, -0.15) is 11.8 Å². The second kappa shape index (κ2) is 6.46. The normalized spacial score (nSPS) is 24.7. The number of rotatable bonds is 4. The van der Waals surface area contributed by atoms with Gasteiger partial charge in [0.1, 0.15) is 0 Å². The van der Waals surface area contributed by atoms with Gasteiger partial charge in [-0.15, -0.1) is 0 Å². The van der Waals surface area contributed by atoms with E-state index in [-0.39, 0.29) is 17.4 Å². The van der Waals surface area contributed by atoms with Crippen molar-refractivity contribution in [3.05, 3.63) is 34.2 Å². The van der Waals surface area contributed by atoms with Crippen LogP contribution in [-0.2, 0) is 11.3 Å². The zero-order chi connectivity index (χ0) is 15.7. The van der Waals surface area contributed by atoms with Crippen molar-refractivity contribution in [1.82, 2.24) is 9.47 Å². The number of thioether (sulfide) groups is 1. The van der Waals surface area contributed by atoms with Gasteiger partial charge in [0, 0.05) is 37.3 Å². The van der Waals surface area contributed by atoms with Crippen LogP contribution in [0.25, 0.3) is 0 Å². The van der Waals surface area contributed by atoms with E-state index in [0.29, 0.717) is 12.5 Å². The summed E-state index contributed by atoms with van der Waals surface area (Å²) in [4.78, 5) is 26.5. The third-order valence-corrected chi connectivity index (χ3v) is 5.39. The molecular weight excluding hydrogens is 298 g/mol. The topological polar surface area (TPSA) is 68.3 Å². The van der Waals surface area contributed by atoms with Gasteiger partial charge in [0.25, 0.3) is 5.56 Å². The smallest absolute Gasteiger partial charge is 0.250 e. The summed E-state index contributed by atoms with van der Waals surface area (Å²) in [5, 5.41) is 0. The summed E-state index contributed by atoms with van der Waals surface area (Å²) in [6.07, 6.45) is 3.81. The predicted octanol–water partition coefficient (Wildman–Crippen LogP) is 0.874. The lowest BCUT2D eigenvalue weighted by molar-refractivity contribution is -0.135. The van der Waals surface area contributed by atoms with E-state index < -0.39 is 6.04 Å². The van der Waals surface area contributed by atoms with Crippen molar-refractivity contribution in [3.8, 4) is 0 Å². The van der Waals surface area contributed by atoms with Crippen molar-refractivity contribution in [3.63, 3.8) is 0 Å². The third-order valence-electron chi connectivity index (χ3n) is 4.74. The van der Waals surface area contributed by atoms with Crippen LogP contribution in [0, 0.1) is 5.92 Å². The molecule has 2 aliphatic heterocycles. The Morgan fingerprint density at radius 3 is 3.00 bits per heavy atom. The minimum Gasteiger partial charge on any atom is -0.340 e. The van der Waals surface area contributed by atoms with Crippen LogP contribution in [0.4, 0.5) is 0 Å². The summed E-state index contributed by atoms with van der Waals surface area (Å²) in [5.74, 6) is 1.60. The average Bonchev–Trinajstić information content (AvgIpc) is 2.52. The van der Waals surface area contributed by atoms with Crippen LogP contribution in [0.5, 0.6) is 0 Å². The molecule has 0 aliphatic carbocycles. The van der Waals surface area contributed by atoms with Crippen molar-refractivity contribution < 1.29 is 4.79 Å². The number of amides is 1. The van der Waals surface area contributed by atoms with Gasteiger partial charge in [0.05, 0.1) is 6.04 Å². The number of piperidine rings is 1. The van der Waals surface area contributed by atoms with Crippen molar-refractivity contribution in [2.45, 2.75) is 31.3 Å². The molecule has 3 rings (SSSR count). The van der Waals surface area contributed by atoms with Gasteiger partial charge in [0.2, 0.25) is 5.91 Å². The lowest BCUT2D eigenvalue weighted by atomic mass is 9.83. The molecule has 1 aromatic rings. The molecule has 1 aromatic heterocycles. The standard InChI is InChI=1S/C16H23N3O2S/c1-22-6-5-13(17)16(21)18-8-11-7-12(10-18)14-3-2-4-15(20)19(14)9-11/h2-4,11-13H,5-10,17H2,1H3. The maximum Gasteiger partial charge on any atom is 0.250 e. The van der Waals surface area contributed by atoms with Gasteiger partial charge in [-0.05, 0) is 36.8 Å². The molecule has 22 heavy (non-hydrogen) atoms. The summed E-state index contributed by atoms with van der Waals surface area (Å²) in [6.45, 7) is 2.13. The zero-order valence-electron chi connectivity index (χ0n) is 12.9. The average molecular weight is 321 g/mol. The lowest BCUT2D eigenvalue weighted by Gasteiger charge is -2.43. The summed E-state index contributed by atoms with van der Waals surface area (Å²) < 4.78 is 1.88. The molecule has 0 saturated carbocycles. The molecule has 1 amide bonds. The molecule has 1 saturated heterocycles. The van der Waals surface area contributed by atoms with Crippen molar-refractivity contribution in [2.24, 2.45) is 11.7 Å². The maximum absolute atomic E-state index is 12.5. The van der Waals surface area contributed by atoms with Gasteiger partial charge < -0.3 is 15.2 Å². The molecule has 2 N–H and O–H groups in total. The Bertz CT molecular complexity index is 616. The van der Waals surface area contributed by atoms with Gasteiger partial charge in [-0.3, -0.25) is 9.59 Å². The lowest BCUT2D eigenvalue weighted by Crippen LogP contribution is -2.53. The molecular formula is C16H23N3O2S. The number of likely N-dealkylation sites (tertiary alicyclic amines) is 1. The van der Waals surface area contributed by atoms with Crippen LogP contribution in [-0.4, -0.2) is 46.5 Å². The largest absolute Gasteiger partial charge is 0.340 e. The Labute approximate surface area is 134 Å². The number of hydrogen-bond acceptors (Lipinski definition) is 4. The zero-order valence-corrected chi connectivity index (χ0v) is 13.7. The Morgan fingerprint density at radius 2 is 2.23 bits per heavy atom. The fourth-order valence-corrected chi connectivity index (χ4v) is 4.17. The Morgan fingerprint density at radius 1 is 1.41 bits per heavy atom. The number of nitrogens with zero attached hydrogens (tertiary/aromatic N) is 2. The Balaban J connectivity index is 1.76. The number of carbonyl (C=O) groups excluding carboxylic acids is 1. The molecule has 0 radical (unpaired) electrons. The maximum atomic E-state index is 12.5. The minimum absolute atomic E-state index is 0.0653. The molecule has 3 heterocycles. The van der Waals surface area contributed by atoms with E-state index in [1.165, 1.54) is 0 Å². The predicted molar refractivity (Wildman–Crippen MR) is 89.1 cm³/mol. The van der Waals surface area contributed by atoms with E-state index in [0.717, 1.165) is 37.4 Å². The highest BCUT2D eigenvalue weighted by Crippen LogP contribution is 2.35. The highest BCUT2D eigenvalue weighted by Gasteiger charge is 2.37. The molecule has 0 spiro atoms.